The quantitative estimate of drug-likeness (QED) is 0.496. The van der Waals surface area contributed by atoms with E-state index in [0.29, 0.717) is 0 Å². The summed E-state index contributed by atoms with van der Waals surface area (Å²) < 4.78 is 0. The Morgan fingerprint density at radius 3 is 2.64 bits per heavy atom. The lowest BCUT2D eigenvalue weighted by molar-refractivity contribution is 0.254. The van der Waals surface area contributed by atoms with Crippen LogP contribution in [0, 0.1) is 17.8 Å². The van der Waals surface area contributed by atoms with Crippen LogP contribution >= 0.6 is 0 Å². The van der Waals surface area contributed by atoms with Crippen LogP contribution < -0.4 is 0 Å². The van der Waals surface area contributed by atoms with Gasteiger partial charge >= 0.3 is 0 Å². The van der Waals surface area contributed by atoms with E-state index < -0.39 is 0 Å². The molecule has 0 N–H and O–H groups in total. The number of rotatable bonds is 0. The van der Waals surface area contributed by atoms with E-state index in [0.717, 1.165) is 11.8 Å². The molecule has 2 aliphatic carbocycles. The van der Waals surface area contributed by atoms with Crippen LogP contribution in [0.2, 0.25) is 0 Å². The normalized spacial score (nSPS) is 40.1. The zero-order valence-electron chi connectivity index (χ0n) is 7.60. The molecule has 0 heteroatoms. The Morgan fingerprint density at radius 1 is 1.00 bits per heavy atom. The Kier molecular flexibility index (Phi) is 2.20. The van der Waals surface area contributed by atoms with E-state index in [-0.39, 0.29) is 0 Å². The number of hydrogen-bond donors (Lipinski definition) is 0. The molecular weight excluding hydrogens is 132 g/mol. The van der Waals surface area contributed by atoms with Crippen molar-refractivity contribution in [3.8, 4) is 0 Å². The summed E-state index contributed by atoms with van der Waals surface area (Å²) >= 11 is 0. The van der Waals surface area contributed by atoms with Gasteiger partial charge in [-0.15, -0.1) is 0 Å². The van der Waals surface area contributed by atoms with Crippen LogP contribution in [0.1, 0.15) is 51.9 Å². The highest BCUT2D eigenvalue weighted by Crippen LogP contribution is 2.44. The molecular formula is C11H19. The Bertz CT molecular complexity index is 126. The average Bonchev–Trinajstić information content (AvgIpc) is 2.06. The smallest absolute Gasteiger partial charge is 0.0182 e. The van der Waals surface area contributed by atoms with Gasteiger partial charge in [0.2, 0.25) is 0 Å². The molecule has 0 nitrogen and oxygen atoms in total. The van der Waals surface area contributed by atoms with E-state index in [1.165, 1.54) is 44.9 Å². The van der Waals surface area contributed by atoms with Crippen LogP contribution in [0.15, 0.2) is 0 Å². The lowest BCUT2D eigenvalue weighted by Crippen LogP contribution is -2.27. The second-order valence-corrected chi connectivity index (χ2v) is 4.35. The van der Waals surface area contributed by atoms with Gasteiger partial charge in [0, 0.05) is 0 Å². The van der Waals surface area contributed by atoms with Crippen LogP contribution in [0.4, 0.5) is 0 Å². The van der Waals surface area contributed by atoms with Crippen molar-refractivity contribution >= 4 is 0 Å². The highest BCUT2D eigenvalue weighted by Gasteiger charge is 2.32. The van der Waals surface area contributed by atoms with Gasteiger partial charge in [-0.1, -0.05) is 32.6 Å². The topological polar surface area (TPSA) is 0 Å². The minimum atomic E-state index is 0.967. The third-order valence-corrected chi connectivity index (χ3v) is 3.62. The lowest BCUT2D eigenvalue weighted by Gasteiger charge is -2.39. The maximum atomic E-state index is 2.44. The summed E-state index contributed by atoms with van der Waals surface area (Å²) in [5.41, 5.74) is 0. The molecule has 0 amide bonds. The van der Waals surface area contributed by atoms with Gasteiger partial charge in [-0.2, -0.15) is 0 Å². The van der Waals surface area contributed by atoms with Crippen LogP contribution in [0.5, 0.6) is 0 Å². The van der Waals surface area contributed by atoms with E-state index in [4.69, 9.17) is 0 Å². The minimum absolute atomic E-state index is 0.967. The summed E-state index contributed by atoms with van der Waals surface area (Å²) in [6.07, 6.45) is 10.4. The van der Waals surface area contributed by atoms with E-state index >= 15 is 0 Å². The standard InChI is InChI=1S/C11H19/c1-9-5-4-7-10-6-2-3-8-11(9)10/h9-10H,2-8H2,1H3. The van der Waals surface area contributed by atoms with Crippen LogP contribution in [0.25, 0.3) is 0 Å². The summed E-state index contributed by atoms with van der Waals surface area (Å²) in [6, 6.07) is 0. The molecule has 2 aliphatic rings. The van der Waals surface area contributed by atoms with Gasteiger partial charge in [0.05, 0.1) is 0 Å². The fourth-order valence-electron chi connectivity index (χ4n) is 2.94. The summed E-state index contributed by atoms with van der Waals surface area (Å²) in [4.78, 5) is 0. The van der Waals surface area contributed by atoms with Gasteiger partial charge < -0.3 is 0 Å². The Morgan fingerprint density at radius 2 is 1.82 bits per heavy atom. The van der Waals surface area contributed by atoms with Crippen molar-refractivity contribution in [3.63, 3.8) is 0 Å². The van der Waals surface area contributed by atoms with Gasteiger partial charge in [-0.25, -0.2) is 0 Å². The van der Waals surface area contributed by atoms with Crippen molar-refractivity contribution in [2.75, 3.05) is 0 Å². The average molecular weight is 151 g/mol. The highest BCUT2D eigenvalue weighted by atomic mass is 14.4. The second kappa shape index (κ2) is 3.16. The van der Waals surface area contributed by atoms with Crippen molar-refractivity contribution in [3.05, 3.63) is 5.92 Å². The number of hydrogen-bond acceptors (Lipinski definition) is 0. The van der Waals surface area contributed by atoms with Gasteiger partial charge in [0.25, 0.3) is 0 Å². The van der Waals surface area contributed by atoms with E-state index in [1.807, 2.05) is 5.92 Å². The van der Waals surface area contributed by atoms with Gasteiger partial charge in [-0.05, 0) is 37.0 Å². The predicted octanol–water partition coefficient (Wildman–Crippen LogP) is 3.57. The molecule has 2 unspecified atom stereocenters. The minimum Gasteiger partial charge on any atom is -0.0619 e. The van der Waals surface area contributed by atoms with Gasteiger partial charge in [-0.3, -0.25) is 0 Å². The van der Waals surface area contributed by atoms with E-state index in [1.54, 1.807) is 0 Å². The molecule has 2 atom stereocenters. The Balaban J connectivity index is 1.99. The van der Waals surface area contributed by atoms with Crippen LogP contribution in [-0.4, -0.2) is 0 Å². The Hall–Kier alpha value is 0. The second-order valence-electron chi connectivity index (χ2n) is 4.35. The maximum Gasteiger partial charge on any atom is -0.0182 e. The first-order valence-corrected chi connectivity index (χ1v) is 5.23. The third kappa shape index (κ3) is 1.45. The molecule has 11 heavy (non-hydrogen) atoms. The first-order valence-electron chi connectivity index (χ1n) is 5.23. The molecule has 1 radical (unpaired) electrons. The summed E-state index contributed by atoms with van der Waals surface area (Å²) in [5, 5.41) is 0. The van der Waals surface area contributed by atoms with E-state index in [2.05, 4.69) is 6.92 Å². The van der Waals surface area contributed by atoms with Gasteiger partial charge in [0.15, 0.2) is 0 Å². The molecule has 0 heterocycles. The predicted molar refractivity (Wildman–Crippen MR) is 48.2 cm³/mol. The molecule has 0 aliphatic heterocycles. The third-order valence-electron chi connectivity index (χ3n) is 3.62. The molecule has 2 fully saturated rings. The molecule has 0 aromatic heterocycles. The van der Waals surface area contributed by atoms with Crippen molar-refractivity contribution in [1.82, 2.24) is 0 Å². The first-order chi connectivity index (χ1) is 5.38. The van der Waals surface area contributed by atoms with Crippen LogP contribution in [0.3, 0.4) is 0 Å². The van der Waals surface area contributed by atoms with Crippen molar-refractivity contribution in [2.24, 2.45) is 11.8 Å². The first kappa shape index (κ1) is 7.64. The lowest BCUT2D eigenvalue weighted by atomic mass is 9.66. The van der Waals surface area contributed by atoms with E-state index in [9.17, 15) is 0 Å². The molecule has 0 bridgehead atoms. The molecule has 2 saturated carbocycles. The fraction of sp³-hybridized carbons (Fsp3) is 0.909. The highest BCUT2D eigenvalue weighted by molar-refractivity contribution is 5.05. The zero-order valence-corrected chi connectivity index (χ0v) is 7.60. The summed E-state index contributed by atoms with van der Waals surface area (Å²) in [7, 11) is 0. The molecule has 2 rings (SSSR count). The molecule has 63 valence electrons. The monoisotopic (exact) mass is 151 g/mol. The van der Waals surface area contributed by atoms with Crippen molar-refractivity contribution < 1.29 is 0 Å². The van der Waals surface area contributed by atoms with Gasteiger partial charge in [0.1, 0.15) is 0 Å². The summed E-state index contributed by atoms with van der Waals surface area (Å²) in [6.45, 7) is 2.44. The molecule has 0 saturated heterocycles. The van der Waals surface area contributed by atoms with Crippen LogP contribution in [-0.2, 0) is 0 Å². The largest absolute Gasteiger partial charge is 0.0619 e. The summed E-state index contributed by atoms with van der Waals surface area (Å²) in [5.74, 6) is 3.95. The molecule has 0 aromatic carbocycles. The fourth-order valence-corrected chi connectivity index (χ4v) is 2.94. The molecule has 0 spiro atoms. The maximum absolute atomic E-state index is 2.44. The van der Waals surface area contributed by atoms with Crippen molar-refractivity contribution in [2.45, 2.75) is 51.9 Å². The number of fused-ring (bicyclic) bond motifs is 1. The SMILES string of the molecule is CC1CCCC2CCCC[C]12. The molecule has 0 aromatic rings. The zero-order chi connectivity index (χ0) is 7.68. The van der Waals surface area contributed by atoms with Crippen molar-refractivity contribution in [1.29, 1.82) is 0 Å². The Labute approximate surface area is 70.4 Å².